The van der Waals surface area contributed by atoms with Crippen LogP contribution in [-0.4, -0.2) is 35.7 Å². The monoisotopic (exact) mass is 495 g/mol. The largest absolute Gasteiger partial charge is 0.434 e. The molecule has 3 aromatic heterocycles. The van der Waals surface area contributed by atoms with Crippen LogP contribution in [0.15, 0.2) is 66.0 Å². The predicted octanol–water partition coefficient (Wildman–Crippen LogP) is 5.77. The number of thioether (sulfide) groups is 1. The van der Waals surface area contributed by atoms with Gasteiger partial charge in [-0.2, -0.15) is 13.2 Å². The highest BCUT2D eigenvalue weighted by Gasteiger charge is 2.34. The van der Waals surface area contributed by atoms with Gasteiger partial charge in [0.05, 0.1) is 6.33 Å². The van der Waals surface area contributed by atoms with Gasteiger partial charge in [0.1, 0.15) is 11.3 Å². The van der Waals surface area contributed by atoms with Gasteiger partial charge >= 0.3 is 6.18 Å². The average molecular weight is 496 g/mol. The summed E-state index contributed by atoms with van der Waals surface area (Å²) in [6.45, 7) is 0.449. The van der Waals surface area contributed by atoms with E-state index in [9.17, 15) is 13.2 Å². The Morgan fingerprint density at radius 2 is 1.69 bits per heavy atom. The molecule has 3 heterocycles. The first-order chi connectivity index (χ1) is 16.8. The molecule has 0 fully saturated rings. The molecule has 0 unspecified atom stereocenters. The minimum absolute atomic E-state index is 0.254. The van der Waals surface area contributed by atoms with Crippen LogP contribution in [0, 0.1) is 0 Å². The first-order valence-electron chi connectivity index (χ1n) is 10.6. The van der Waals surface area contributed by atoms with Crippen molar-refractivity contribution in [2.75, 3.05) is 11.6 Å². The smallest absolute Gasteiger partial charge is 0.364 e. The van der Waals surface area contributed by atoms with Crippen molar-refractivity contribution in [3.8, 4) is 22.8 Å². The van der Waals surface area contributed by atoms with E-state index in [2.05, 4.69) is 25.3 Å². The number of aromatic nitrogens is 6. The van der Waals surface area contributed by atoms with E-state index in [4.69, 9.17) is 4.98 Å². The summed E-state index contributed by atoms with van der Waals surface area (Å²) in [7, 11) is 1.55. The zero-order valence-corrected chi connectivity index (χ0v) is 19.6. The molecule has 0 aliphatic heterocycles. The van der Waals surface area contributed by atoms with Gasteiger partial charge in [-0.1, -0.05) is 36.4 Å². The van der Waals surface area contributed by atoms with Gasteiger partial charge in [-0.3, -0.25) is 0 Å². The molecule has 0 aliphatic carbocycles. The van der Waals surface area contributed by atoms with Gasteiger partial charge < -0.3 is 14.9 Å². The zero-order chi connectivity index (χ0) is 24.6. The fourth-order valence-corrected chi connectivity index (χ4v) is 4.07. The van der Waals surface area contributed by atoms with Crippen molar-refractivity contribution < 1.29 is 13.2 Å². The zero-order valence-electron chi connectivity index (χ0n) is 18.8. The molecule has 11 heteroatoms. The van der Waals surface area contributed by atoms with Gasteiger partial charge in [-0.05, 0) is 24.0 Å². The average Bonchev–Trinajstić information content (AvgIpc) is 3.49. The lowest BCUT2D eigenvalue weighted by Gasteiger charge is -2.10. The molecule has 2 aromatic carbocycles. The summed E-state index contributed by atoms with van der Waals surface area (Å²) in [5.74, 6) is 1.42. The van der Waals surface area contributed by atoms with E-state index in [0.717, 1.165) is 22.2 Å². The molecule has 0 saturated carbocycles. The lowest BCUT2D eigenvalue weighted by Crippen LogP contribution is -2.05. The summed E-state index contributed by atoms with van der Waals surface area (Å²) < 4.78 is 40.3. The summed E-state index contributed by atoms with van der Waals surface area (Å²) in [5, 5.41) is 3.32. The molecule has 0 amide bonds. The van der Waals surface area contributed by atoms with Gasteiger partial charge in [-0.15, -0.1) is 11.8 Å². The molecule has 178 valence electrons. The van der Waals surface area contributed by atoms with Crippen LogP contribution in [0.2, 0.25) is 0 Å². The Morgan fingerprint density at radius 1 is 0.971 bits per heavy atom. The van der Waals surface area contributed by atoms with Crippen LogP contribution in [0.5, 0.6) is 0 Å². The van der Waals surface area contributed by atoms with Gasteiger partial charge in [-0.25, -0.2) is 19.9 Å². The van der Waals surface area contributed by atoms with Crippen LogP contribution in [0.3, 0.4) is 0 Å². The molecular weight excluding hydrogens is 475 g/mol. The standard InChI is InChI=1S/C24H20F3N7S/c1-34-12-18(24(25,26)27)31-23(34)16-5-3-14(4-6-16)11-28-21-19-22(30-13-29-19)33-20(32-21)15-7-9-17(35-2)10-8-15/h3-10,12-13H,11H2,1-2H3,(H2,28,29,30,32,33). The molecule has 2 N–H and O–H groups in total. The number of hydrogen-bond donors (Lipinski definition) is 2. The van der Waals surface area contributed by atoms with Gasteiger partial charge in [0.2, 0.25) is 0 Å². The van der Waals surface area contributed by atoms with Crippen molar-refractivity contribution in [2.24, 2.45) is 7.05 Å². The Kier molecular flexibility index (Phi) is 5.93. The highest BCUT2D eigenvalue weighted by Crippen LogP contribution is 2.31. The molecule has 5 rings (SSSR count). The van der Waals surface area contributed by atoms with Crippen LogP contribution in [-0.2, 0) is 19.8 Å². The number of fused-ring (bicyclic) bond motifs is 1. The second-order valence-corrected chi connectivity index (χ2v) is 8.71. The molecular formula is C24H20F3N7S. The molecule has 35 heavy (non-hydrogen) atoms. The maximum atomic E-state index is 13.0. The number of aromatic amines is 1. The number of halogens is 3. The first-order valence-corrected chi connectivity index (χ1v) is 11.8. The van der Waals surface area contributed by atoms with E-state index in [-0.39, 0.29) is 5.82 Å². The van der Waals surface area contributed by atoms with Crippen molar-refractivity contribution in [3.63, 3.8) is 0 Å². The minimum Gasteiger partial charge on any atom is -0.364 e. The summed E-state index contributed by atoms with van der Waals surface area (Å²) >= 11 is 1.66. The minimum atomic E-state index is -4.48. The third kappa shape index (κ3) is 4.72. The number of anilines is 1. The van der Waals surface area contributed by atoms with E-state index in [1.165, 1.54) is 4.57 Å². The Bertz CT molecular complexity index is 1470. The summed E-state index contributed by atoms with van der Waals surface area (Å²) in [6.07, 6.45) is 0.0982. The lowest BCUT2D eigenvalue weighted by molar-refractivity contribution is -0.140. The number of nitrogens with one attached hydrogen (secondary N) is 2. The number of benzene rings is 2. The van der Waals surface area contributed by atoms with Gasteiger partial charge in [0.25, 0.3) is 0 Å². The van der Waals surface area contributed by atoms with Crippen LogP contribution in [0.1, 0.15) is 11.3 Å². The Hall–Kier alpha value is -3.86. The number of H-pyrrole nitrogens is 1. The van der Waals surface area contributed by atoms with Gasteiger partial charge in [0, 0.05) is 35.8 Å². The van der Waals surface area contributed by atoms with E-state index in [0.29, 0.717) is 34.9 Å². The van der Waals surface area contributed by atoms with E-state index < -0.39 is 11.9 Å². The third-order valence-corrected chi connectivity index (χ3v) is 6.22. The topological polar surface area (TPSA) is 84.3 Å². The molecule has 0 radical (unpaired) electrons. The lowest BCUT2D eigenvalue weighted by atomic mass is 10.1. The van der Waals surface area contributed by atoms with Crippen molar-refractivity contribution in [1.29, 1.82) is 0 Å². The van der Waals surface area contributed by atoms with Crippen LogP contribution in [0.4, 0.5) is 19.0 Å². The fourth-order valence-electron chi connectivity index (χ4n) is 3.66. The number of aryl methyl sites for hydroxylation is 1. The molecule has 0 saturated heterocycles. The van der Waals surface area contributed by atoms with E-state index >= 15 is 0 Å². The third-order valence-electron chi connectivity index (χ3n) is 5.47. The first kappa shape index (κ1) is 22.9. The Balaban J connectivity index is 1.37. The second kappa shape index (κ2) is 9.06. The van der Waals surface area contributed by atoms with Crippen molar-refractivity contribution >= 4 is 28.7 Å². The normalized spacial score (nSPS) is 11.8. The number of imidazole rings is 2. The maximum absolute atomic E-state index is 13.0. The quantitative estimate of drug-likeness (QED) is 0.291. The van der Waals surface area contributed by atoms with E-state index in [1.807, 2.05) is 42.7 Å². The molecule has 5 aromatic rings. The van der Waals surface area contributed by atoms with E-state index in [1.54, 1.807) is 37.3 Å². The van der Waals surface area contributed by atoms with Crippen LogP contribution < -0.4 is 5.32 Å². The molecule has 7 nitrogen and oxygen atoms in total. The van der Waals surface area contributed by atoms with Crippen LogP contribution in [0.25, 0.3) is 33.9 Å². The van der Waals surface area contributed by atoms with Gasteiger partial charge in [0.15, 0.2) is 23.0 Å². The Labute approximate surface area is 202 Å². The maximum Gasteiger partial charge on any atom is 0.434 e. The van der Waals surface area contributed by atoms with Crippen molar-refractivity contribution in [2.45, 2.75) is 17.6 Å². The number of nitrogens with zero attached hydrogens (tertiary/aromatic N) is 5. The molecule has 0 aliphatic rings. The number of rotatable bonds is 6. The van der Waals surface area contributed by atoms with Crippen molar-refractivity contribution in [1.82, 2.24) is 29.5 Å². The summed E-state index contributed by atoms with van der Waals surface area (Å²) in [4.78, 5) is 21.5. The second-order valence-electron chi connectivity index (χ2n) is 7.83. The predicted molar refractivity (Wildman–Crippen MR) is 130 cm³/mol. The highest BCUT2D eigenvalue weighted by molar-refractivity contribution is 7.98. The molecule has 0 atom stereocenters. The van der Waals surface area contributed by atoms with Crippen molar-refractivity contribution in [3.05, 3.63) is 72.3 Å². The molecule has 0 bridgehead atoms. The number of hydrogen-bond acceptors (Lipinski definition) is 6. The molecule has 0 spiro atoms. The van der Waals surface area contributed by atoms with Crippen LogP contribution >= 0.6 is 11.8 Å². The summed E-state index contributed by atoms with van der Waals surface area (Å²) in [6, 6.07) is 15.2. The SMILES string of the molecule is CSc1ccc(-c2nc(NCc3ccc(-c4nc(C(F)(F)F)cn4C)cc3)c3[nH]cnc3n2)cc1. The number of alkyl halides is 3. The fraction of sp³-hybridized carbons (Fsp3) is 0.167. The Morgan fingerprint density at radius 3 is 2.34 bits per heavy atom. The summed E-state index contributed by atoms with van der Waals surface area (Å²) in [5.41, 5.74) is 2.74. The highest BCUT2D eigenvalue weighted by atomic mass is 32.2.